The number of nitrogens with zero attached hydrogens (tertiary/aromatic N) is 1. The number of fused-ring (bicyclic) bond motifs is 1. The van der Waals surface area contributed by atoms with Crippen molar-refractivity contribution in [1.82, 2.24) is 10.3 Å². The third kappa shape index (κ3) is 4.03. The van der Waals surface area contributed by atoms with Gasteiger partial charge in [-0.3, -0.25) is 4.79 Å². The second-order valence-electron chi connectivity index (χ2n) is 6.22. The van der Waals surface area contributed by atoms with Gasteiger partial charge in [0.05, 0.1) is 0 Å². The van der Waals surface area contributed by atoms with Gasteiger partial charge in [0.25, 0.3) is 5.91 Å². The first-order chi connectivity index (χ1) is 13.7. The molecule has 0 saturated heterocycles. The van der Waals surface area contributed by atoms with Crippen LogP contribution in [0.15, 0.2) is 60.8 Å². The van der Waals surface area contributed by atoms with Crippen molar-refractivity contribution in [3.05, 3.63) is 77.7 Å². The Bertz CT molecular complexity index is 1010. The van der Waals surface area contributed by atoms with Crippen LogP contribution in [0.3, 0.4) is 0 Å². The first-order valence-electron chi connectivity index (χ1n) is 8.83. The second kappa shape index (κ2) is 7.96. The van der Waals surface area contributed by atoms with Crippen LogP contribution < -0.4 is 20.1 Å². The molecule has 2 N–H and O–H groups in total. The molecule has 0 fully saturated rings. The van der Waals surface area contributed by atoms with Gasteiger partial charge >= 0.3 is 0 Å². The summed E-state index contributed by atoms with van der Waals surface area (Å²) >= 11 is 0. The van der Waals surface area contributed by atoms with Gasteiger partial charge in [0, 0.05) is 30.1 Å². The first kappa shape index (κ1) is 17.8. The van der Waals surface area contributed by atoms with E-state index in [1.165, 1.54) is 6.07 Å². The van der Waals surface area contributed by atoms with E-state index in [1.807, 2.05) is 18.2 Å². The lowest BCUT2D eigenvalue weighted by Gasteiger charge is -2.09. The molecule has 0 bridgehead atoms. The molecule has 0 atom stereocenters. The van der Waals surface area contributed by atoms with Crippen LogP contribution in [0.4, 0.5) is 15.9 Å². The summed E-state index contributed by atoms with van der Waals surface area (Å²) in [6, 6.07) is 15.3. The Morgan fingerprint density at radius 3 is 2.82 bits per heavy atom. The minimum Gasteiger partial charge on any atom is -0.454 e. The van der Waals surface area contributed by atoms with E-state index in [2.05, 4.69) is 15.6 Å². The van der Waals surface area contributed by atoms with Gasteiger partial charge in [-0.1, -0.05) is 18.2 Å². The van der Waals surface area contributed by atoms with Crippen molar-refractivity contribution < 1.29 is 18.7 Å². The van der Waals surface area contributed by atoms with Crippen LogP contribution in [0.5, 0.6) is 11.5 Å². The summed E-state index contributed by atoms with van der Waals surface area (Å²) in [5, 5.41) is 5.94. The molecule has 6 nitrogen and oxygen atoms in total. The highest BCUT2D eigenvalue weighted by Gasteiger charge is 2.14. The predicted octanol–water partition coefficient (Wildman–Crippen LogP) is 3.67. The molecular weight excluding hydrogens is 361 g/mol. The molecule has 0 unspecified atom stereocenters. The molecule has 28 heavy (non-hydrogen) atoms. The molecule has 0 spiro atoms. The summed E-state index contributed by atoms with van der Waals surface area (Å²) in [7, 11) is 0. The number of amides is 1. The summed E-state index contributed by atoms with van der Waals surface area (Å²) in [6.07, 6.45) is 1.98. The van der Waals surface area contributed by atoms with Gasteiger partial charge in [0.15, 0.2) is 11.5 Å². The Balaban J connectivity index is 1.37. The lowest BCUT2D eigenvalue weighted by molar-refractivity contribution is 0.0954. The van der Waals surface area contributed by atoms with E-state index < -0.39 is 0 Å². The molecule has 0 aliphatic carbocycles. The van der Waals surface area contributed by atoms with Crippen LogP contribution in [-0.4, -0.2) is 24.2 Å². The Morgan fingerprint density at radius 2 is 1.93 bits per heavy atom. The molecule has 2 aromatic carbocycles. The van der Waals surface area contributed by atoms with E-state index in [0.29, 0.717) is 41.4 Å². The third-order valence-corrected chi connectivity index (χ3v) is 4.30. The number of benzene rings is 2. The lowest BCUT2D eigenvalue weighted by atomic mass is 10.1. The zero-order valence-corrected chi connectivity index (χ0v) is 14.9. The number of carbonyl (C=O) groups excluding carboxylic acids is 1. The summed E-state index contributed by atoms with van der Waals surface area (Å²) in [5.74, 6) is 1.37. The van der Waals surface area contributed by atoms with Gasteiger partial charge in [0.1, 0.15) is 11.6 Å². The molecule has 3 aromatic rings. The summed E-state index contributed by atoms with van der Waals surface area (Å²) in [5.41, 5.74) is 1.81. The standard InChI is InChI=1S/C21H18FN3O3/c22-17-4-2-1-3-14(17)7-10-24-21(26)15-8-9-23-20(11-15)25-16-5-6-18-19(12-16)28-13-27-18/h1-6,8-9,11-12H,7,10,13H2,(H,23,25)(H,24,26). The maximum atomic E-state index is 13.6. The molecule has 1 amide bonds. The van der Waals surface area contributed by atoms with Crippen LogP contribution in [-0.2, 0) is 6.42 Å². The number of rotatable bonds is 6. The van der Waals surface area contributed by atoms with Crippen molar-refractivity contribution in [1.29, 1.82) is 0 Å². The minimum absolute atomic E-state index is 0.208. The van der Waals surface area contributed by atoms with Crippen molar-refractivity contribution in [3.63, 3.8) is 0 Å². The van der Waals surface area contributed by atoms with Crippen molar-refractivity contribution in [2.75, 3.05) is 18.7 Å². The van der Waals surface area contributed by atoms with Gasteiger partial charge in [-0.25, -0.2) is 9.37 Å². The van der Waals surface area contributed by atoms with E-state index in [0.717, 1.165) is 5.69 Å². The summed E-state index contributed by atoms with van der Waals surface area (Å²) in [4.78, 5) is 16.6. The smallest absolute Gasteiger partial charge is 0.251 e. The van der Waals surface area contributed by atoms with Crippen molar-refractivity contribution >= 4 is 17.4 Å². The van der Waals surface area contributed by atoms with Gasteiger partial charge in [-0.15, -0.1) is 0 Å². The number of pyridine rings is 1. The summed E-state index contributed by atoms with van der Waals surface area (Å²) < 4.78 is 24.3. The van der Waals surface area contributed by atoms with Crippen molar-refractivity contribution in [2.45, 2.75) is 6.42 Å². The van der Waals surface area contributed by atoms with E-state index in [-0.39, 0.29) is 18.5 Å². The van der Waals surface area contributed by atoms with E-state index in [1.54, 1.807) is 36.5 Å². The number of nitrogens with one attached hydrogen (secondary N) is 2. The zero-order chi connectivity index (χ0) is 19.3. The van der Waals surface area contributed by atoms with Gasteiger partial charge in [-0.05, 0) is 42.3 Å². The molecule has 142 valence electrons. The molecule has 1 aromatic heterocycles. The van der Waals surface area contributed by atoms with Crippen LogP contribution in [0.1, 0.15) is 15.9 Å². The number of aromatic nitrogens is 1. The number of halogens is 1. The highest BCUT2D eigenvalue weighted by Crippen LogP contribution is 2.34. The number of hydrogen-bond donors (Lipinski definition) is 2. The van der Waals surface area contributed by atoms with Gasteiger partial charge in [-0.2, -0.15) is 0 Å². The average molecular weight is 379 g/mol. The van der Waals surface area contributed by atoms with Crippen molar-refractivity contribution in [2.24, 2.45) is 0 Å². The first-order valence-corrected chi connectivity index (χ1v) is 8.83. The SMILES string of the molecule is O=C(NCCc1ccccc1F)c1ccnc(Nc2ccc3c(c2)OCO3)c1. The topological polar surface area (TPSA) is 72.5 Å². The fourth-order valence-electron chi connectivity index (χ4n) is 2.88. The highest BCUT2D eigenvalue weighted by molar-refractivity contribution is 5.94. The molecule has 0 radical (unpaired) electrons. The predicted molar refractivity (Wildman–Crippen MR) is 103 cm³/mol. The zero-order valence-electron chi connectivity index (χ0n) is 14.9. The van der Waals surface area contributed by atoms with Crippen molar-refractivity contribution in [3.8, 4) is 11.5 Å². The van der Waals surface area contributed by atoms with E-state index in [9.17, 15) is 9.18 Å². The Labute approximate surface area is 161 Å². The fraction of sp³-hybridized carbons (Fsp3) is 0.143. The highest BCUT2D eigenvalue weighted by atomic mass is 19.1. The van der Waals surface area contributed by atoms with Gasteiger partial charge < -0.3 is 20.1 Å². The maximum absolute atomic E-state index is 13.6. The average Bonchev–Trinajstić information content (AvgIpc) is 3.17. The number of anilines is 2. The van der Waals surface area contributed by atoms with Gasteiger partial charge in [0.2, 0.25) is 6.79 Å². The molecule has 2 heterocycles. The normalized spacial score (nSPS) is 11.9. The maximum Gasteiger partial charge on any atom is 0.251 e. The Hall–Kier alpha value is -3.61. The van der Waals surface area contributed by atoms with Crippen LogP contribution in [0.2, 0.25) is 0 Å². The Morgan fingerprint density at radius 1 is 1.07 bits per heavy atom. The number of ether oxygens (including phenoxy) is 2. The Kier molecular flexibility index (Phi) is 5.05. The molecule has 4 rings (SSSR count). The number of hydrogen-bond acceptors (Lipinski definition) is 5. The third-order valence-electron chi connectivity index (χ3n) is 4.30. The molecule has 1 aliphatic heterocycles. The fourth-order valence-corrected chi connectivity index (χ4v) is 2.88. The lowest BCUT2D eigenvalue weighted by Crippen LogP contribution is -2.26. The number of carbonyl (C=O) groups is 1. The largest absolute Gasteiger partial charge is 0.454 e. The van der Waals surface area contributed by atoms with E-state index >= 15 is 0 Å². The van der Waals surface area contributed by atoms with Crippen LogP contribution >= 0.6 is 0 Å². The van der Waals surface area contributed by atoms with Crippen LogP contribution in [0, 0.1) is 5.82 Å². The second-order valence-corrected chi connectivity index (χ2v) is 6.22. The quantitative estimate of drug-likeness (QED) is 0.684. The summed E-state index contributed by atoms with van der Waals surface area (Å²) in [6.45, 7) is 0.548. The van der Waals surface area contributed by atoms with E-state index in [4.69, 9.17) is 9.47 Å². The molecule has 7 heteroatoms. The van der Waals surface area contributed by atoms with Crippen LogP contribution in [0.25, 0.3) is 0 Å². The molecule has 0 saturated carbocycles. The molecular formula is C21H18FN3O3. The molecule has 1 aliphatic rings. The minimum atomic E-state index is -0.268. The monoisotopic (exact) mass is 379 g/mol.